The maximum Gasteiger partial charge on any atom is 0.449 e. The summed E-state index contributed by atoms with van der Waals surface area (Å²) < 4.78 is 38.4. The number of alkyl halides is 3. The van der Waals surface area contributed by atoms with E-state index in [0.717, 1.165) is 11.1 Å². The highest BCUT2D eigenvalue weighted by molar-refractivity contribution is 5.53. The minimum absolute atomic E-state index is 0.211. The highest BCUT2D eigenvalue weighted by atomic mass is 19.4. The van der Waals surface area contributed by atoms with E-state index in [1.54, 1.807) is 12.4 Å². The third-order valence-corrected chi connectivity index (χ3v) is 4.56. The van der Waals surface area contributed by atoms with Gasteiger partial charge in [-0.1, -0.05) is 30.3 Å². The fourth-order valence-electron chi connectivity index (χ4n) is 3.18. The quantitative estimate of drug-likeness (QED) is 0.748. The van der Waals surface area contributed by atoms with Crippen LogP contribution in [0.3, 0.4) is 0 Å². The number of nitrogens with one attached hydrogen (secondary N) is 1. The van der Waals surface area contributed by atoms with Crippen molar-refractivity contribution in [3.63, 3.8) is 0 Å². The Balaban J connectivity index is 1.49. The summed E-state index contributed by atoms with van der Waals surface area (Å²) in [7, 11) is 0. The summed E-state index contributed by atoms with van der Waals surface area (Å²) in [4.78, 5) is 28.2. The van der Waals surface area contributed by atoms with Crippen LogP contribution in [0.25, 0.3) is 11.4 Å². The van der Waals surface area contributed by atoms with Gasteiger partial charge >= 0.3 is 6.18 Å². The molecule has 1 aliphatic rings. The predicted molar refractivity (Wildman–Crippen MR) is 95.1 cm³/mol. The lowest BCUT2D eigenvalue weighted by atomic mass is 10.1. The van der Waals surface area contributed by atoms with Gasteiger partial charge in [0.15, 0.2) is 5.82 Å². The first kappa shape index (κ1) is 18.3. The second-order valence-corrected chi connectivity index (χ2v) is 6.58. The molecule has 28 heavy (non-hydrogen) atoms. The van der Waals surface area contributed by atoms with E-state index in [2.05, 4.69) is 15.0 Å². The SMILES string of the molecule is O=c1[nH]c(C(F)(F)F)nc2c1CN(Cc1cnc(-c3ccccc3)nc1)CC2. The van der Waals surface area contributed by atoms with Crippen LogP contribution in [0.5, 0.6) is 0 Å². The fraction of sp³-hybridized carbons (Fsp3) is 0.263. The van der Waals surface area contributed by atoms with Crippen molar-refractivity contribution in [2.75, 3.05) is 6.54 Å². The Kier molecular flexibility index (Phi) is 4.68. The van der Waals surface area contributed by atoms with Crippen LogP contribution >= 0.6 is 0 Å². The standard InChI is InChI=1S/C19H16F3N5O/c20-19(21,22)18-25-15-6-7-27(11-14(15)17(28)26-18)10-12-8-23-16(24-9-12)13-4-2-1-3-5-13/h1-5,8-9H,6-7,10-11H2,(H,25,26,28). The van der Waals surface area contributed by atoms with E-state index in [1.807, 2.05) is 40.2 Å². The summed E-state index contributed by atoms with van der Waals surface area (Å²) >= 11 is 0. The number of hydrogen-bond acceptors (Lipinski definition) is 5. The smallest absolute Gasteiger partial charge is 0.303 e. The number of halogens is 3. The normalized spacial score (nSPS) is 14.7. The lowest BCUT2D eigenvalue weighted by Gasteiger charge is -2.27. The molecule has 0 unspecified atom stereocenters. The third kappa shape index (κ3) is 3.79. The van der Waals surface area contributed by atoms with Crippen molar-refractivity contribution in [2.45, 2.75) is 25.7 Å². The Morgan fingerprint density at radius 1 is 1.11 bits per heavy atom. The van der Waals surface area contributed by atoms with Crippen LogP contribution in [0.2, 0.25) is 0 Å². The van der Waals surface area contributed by atoms with Gasteiger partial charge < -0.3 is 4.98 Å². The van der Waals surface area contributed by atoms with E-state index >= 15 is 0 Å². The molecule has 0 aliphatic carbocycles. The molecule has 1 aromatic carbocycles. The number of H-pyrrole nitrogens is 1. The van der Waals surface area contributed by atoms with Gasteiger partial charge in [0.05, 0.1) is 11.3 Å². The molecule has 1 aliphatic heterocycles. The topological polar surface area (TPSA) is 74.8 Å². The second kappa shape index (κ2) is 7.16. The van der Waals surface area contributed by atoms with E-state index in [9.17, 15) is 18.0 Å². The van der Waals surface area contributed by atoms with Gasteiger partial charge in [-0.3, -0.25) is 9.69 Å². The van der Waals surface area contributed by atoms with E-state index < -0.39 is 17.6 Å². The van der Waals surface area contributed by atoms with Crippen molar-refractivity contribution in [3.05, 3.63) is 75.7 Å². The fourth-order valence-corrected chi connectivity index (χ4v) is 3.18. The number of fused-ring (bicyclic) bond motifs is 1. The molecule has 144 valence electrons. The first-order valence-corrected chi connectivity index (χ1v) is 8.68. The molecule has 4 rings (SSSR count). The van der Waals surface area contributed by atoms with Crippen molar-refractivity contribution in [1.82, 2.24) is 24.8 Å². The van der Waals surface area contributed by atoms with Gasteiger partial charge in [-0.25, -0.2) is 15.0 Å². The van der Waals surface area contributed by atoms with Crippen molar-refractivity contribution < 1.29 is 13.2 Å². The van der Waals surface area contributed by atoms with Gasteiger partial charge in [0, 0.05) is 49.6 Å². The maximum absolute atomic E-state index is 12.8. The maximum atomic E-state index is 12.8. The Hall–Kier alpha value is -3.07. The van der Waals surface area contributed by atoms with Gasteiger partial charge in [-0.05, 0) is 0 Å². The van der Waals surface area contributed by atoms with Crippen LogP contribution in [-0.4, -0.2) is 31.4 Å². The summed E-state index contributed by atoms with van der Waals surface area (Å²) in [6, 6.07) is 9.58. The second-order valence-electron chi connectivity index (χ2n) is 6.58. The van der Waals surface area contributed by atoms with Crippen LogP contribution in [-0.2, 0) is 25.7 Å². The number of benzene rings is 1. The number of aromatic amines is 1. The lowest BCUT2D eigenvalue weighted by molar-refractivity contribution is -0.145. The van der Waals surface area contributed by atoms with Gasteiger partial charge in [0.2, 0.25) is 5.82 Å². The van der Waals surface area contributed by atoms with Crippen molar-refractivity contribution in [3.8, 4) is 11.4 Å². The zero-order chi connectivity index (χ0) is 19.7. The molecule has 3 aromatic rings. The summed E-state index contributed by atoms with van der Waals surface area (Å²) in [6.45, 7) is 1.23. The van der Waals surface area contributed by atoms with Crippen LogP contribution in [0.15, 0.2) is 47.5 Å². The van der Waals surface area contributed by atoms with E-state index in [-0.39, 0.29) is 24.2 Å². The first-order chi connectivity index (χ1) is 13.4. The summed E-state index contributed by atoms with van der Waals surface area (Å²) in [6.07, 6.45) is -0.936. The molecule has 0 saturated carbocycles. The Morgan fingerprint density at radius 3 is 2.50 bits per heavy atom. The summed E-state index contributed by atoms with van der Waals surface area (Å²) in [5.74, 6) is -0.622. The molecule has 0 saturated heterocycles. The van der Waals surface area contributed by atoms with E-state index in [0.29, 0.717) is 18.9 Å². The largest absolute Gasteiger partial charge is 0.449 e. The van der Waals surface area contributed by atoms with Gasteiger partial charge in [-0.15, -0.1) is 0 Å². The average molecular weight is 387 g/mol. The minimum Gasteiger partial charge on any atom is -0.303 e. The van der Waals surface area contributed by atoms with E-state index in [1.165, 1.54) is 0 Å². The third-order valence-electron chi connectivity index (χ3n) is 4.56. The molecule has 9 heteroatoms. The minimum atomic E-state index is -4.66. The zero-order valence-corrected chi connectivity index (χ0v) is 14.7. The van der Waals surface area contributed by atoms with Crippen molar-refractivity contribution in [2.24, 2.45) is 0 Å². The molecular formula is C19H16F3N5O. The zero-order valence-electron chi connectivity index (χ0n) is 14.7. The molecule has 3 heterocycles. The van der Waals surface area contributed by atoms with Crippen LogP contribution in [0.1, 0.15) is 22.6 Å². The number of hydrogen-bond donors (Lipinski definition) is 1. The van der Waals surface area contributed by atoms with E-state index in [4.69, 9.17) is 0 Å². The highest BCUT2D eigenvalue weighted by Crippen LogP contribution is 2.26. The first-order valence-electron chi connectivity index (χ1n) is 8.68. The summed E-state index contributed by atoms with van der Waals surface area (Å²) in [5, 5.41) is 0. The monoisotopic (exact) mass is 387 g/mol. The van der Waals surface area contributed by atoms with Crippen molar-refractivity contribution >= 4 is 0 Å². The van der Waals surface area contributed by atoms with Gasteiger partial charge in [0.25, 0.3) is 5.56 Å². The van der Waals surface area contributed by atoms with Gasteiger partial charge in [-0.2, -0.15) is 13.2 Å². The predicted octanol–water partition coefficient (Wildman–Crippen LogP) is 2.80. The lowest BCUT2D eigenvalue weighted by Crippen LogP contribution is -2.36. The molecule has 0 spiro atoms. The number of aromatic nitrogens is 4. The van der Waals surface area contributed by atoms with Gasteiger partial charge in [0.1, 0.15) is 0 Å². The van der Waals surface area contributed by atoms with Crippen LogP contribution in [0, 0.1) is 0 Å². The molecule has 0 amide bonds. The number of rotatable bonds is 3. The molecule has 1 N–H and O–H groups in total. The highest BCUT2D eigenvalue weighted by Gasteiger charge is 2.35. The molecule has 6 nitrogen and oxygen atoms in total. The molecule has 0 bridgehead atoms. The van der Waals surface area contributed by atoms with Crippen molar-refractivity contribution in [1.29, 1.82) is 0 Å². The van der Waals surface area contributed by atoms with Crippen LogP contribution < -0.4 is 5.56 Å². The summed E-state index contributed by atoms with van der Waals surface area (Å²) in [5.41, 5.74) is 1.53. The Labute approximate surface area is 158 Å². The Bertz CT molecular complexity index is 1030. The molecular weight excluding hydrogens is 371 g/mol. The van der Waals surface area contributed by atoms with Crippen LogP contribution in [0.4, 0.5) is 13.2 Å². The molecule has 2 aromatic heterocycles. The molecule has 0 atom stereocenters. The average Bonchev–Trinajstić information content (AvgIpc) is 2.69. The Morgan fingerprint density at radius 2 is 1.82 bits per heavy atom. The number of nitrogens with zero attached hydrogens (tertiary/aromatic N) is 4. The molecule has 0 radical (unpaired) electrons. The molecule has 0 fully saturated rings.